The Labute approximate surface area is 167 Å². The fourth-order valence-electron chi connectivity index (χ4n) is 3.43. The number of likely N-dealkylation sites (tertiary alicyclic amines) is 1. The number of ether oxygens (including phenoxy) is 1. The first kappa shape index (κ1) is 18.5. The molecule has 2 heterocycles. The fourth-order valence-corrected chi connectivity index (χ4v) is 4.07. The van der Waals surface area contributed by atoms with Crippen LogP contribution in [0.3, 0.4) is 0 Å². The minimum atomic E-state index is -0.0364. The number of carbonyl (C=O) groups excluding carboxylic acids is 2. The zero-order chi connectivity index (χ0) is 19.3. The van der Waals surface area contributed by atoms with Crippen molar-refractivity contribution in [2.45, 2.75) is 18.9 Å². The number of carbonyl (C=O) groups is 2. The third-order valence-electron chi connectivity index (χ3n) is 5.05. The molecule has 2 amide bonds. The van der Waals surface area contributed by atoms with Crippen molar-refractivity contribution in [2.75, 3.05) is 19.7 Å². The standard InChI is InChI=1S/C22H22N2O3S/c25-21(14-27-20-6-5-16-3-1-2-4-17(16)13-20)24-10-7-19(8-11-24)23-22(26)18-9-12-28-15-18/h1-6,9,12-13,15,19H,7-8,10-11,14H2,(H,23,26). The summed E-state index contributed by atoms with van der Waals surface area (Å²) >= 11 is 1.51. The lowest BCUT2D eigenvalue weighted by Gasteiger charge is -2.32. The van der Waals surface area contributed by atoms with Crippen molar-refractivity contribution in [3.05, 3.63) is 64.9 Å². The Bertz CT molecular complexity index is 963. The fraction of sp³-hybridized carbons (Fsp3) is 0.273. The predicted octanol–water partition coefficient (Wildman–Crippen LogP) is 3.70. The number of piperidine rings is 1. The Morgan fingerprint density at radius 2 is 1.86 bits per heavy atom. The van der Waals surface area contributed by atoms with Crippen LogP contribution in [0.25, 0.3) is 10.8 Å². The van der Waals surface area contributed by atoms with Crippen LogP contribution >= 0.6 is 11.3 Å². The van der Waals surface area contributed by atoms with Gasteiger partial charge in [0.1, 0.15) is 5.75 Å². The molecule has 4 rings (SSSR count). The van der Waals surface area contributed by atoms with Gasteiger partial charge < -0.3 is 15.0 Å². The molecular weight excluding hydrogens is 372 g/mol. The molecule has 28 heavy (non-hydrogen) atoms. The molecule has 144 valence electrons. The average Bonchev–Trinajstić information content (AvgIpc) is 3.27. The van der Waals surface area contributed by atoms with Gasteiger partial charge in [0.15, 0.2) is 6.61 Å². The maximum atomic E-state index is 12.5. The van der Waals surface area contributed by atoms with Crippen molar-refractivity contribution in [2.24, 2.45) is 0 Å². The van der Waals surface area contributed by atoms with Gasteiger partial charge in [-0.1, -0.05) is 30.3 Å². The van der Waals surface area contributed by atoms with E-state index in [-0.39, 0.29) is 24.5 Å². The summed E-state index contributed by atoms with van der Waals surface area (Å²) in [4.78, 5) is 26.4. The molecule has 0 aliphatic carbocycles. The molecule has 0 unspecified atom stereocenters. The van der Waals surface area contributed by atoms with Crippen molar-refractivity contribution < 1.29 is 14.3 Å². The van der Waals surface area contributed by atoms with Gasteiger partial charge in [0.2, 0.25) is 0 Å². The molecule has 6 heteroatoms. The van der Waals surface area contributed by atoms with Crippen molar-refractivity contribution in [1.82, 2.24) is 10.2 Å². The number of fused-ring (bicyclic) bond motifs is 1. The van der Waals surface area contributed by atoms with E-state index < -0.39 is 0 Å². The molecule has 1 aromatic heterocycles. The highest BCUT2D eigenvalue weighted by atomic mass is 32.1. The van der Waals surface area contributed by atoms with Crippen LogP contribution in [0.1, 0.15) is 23.2 Å². The summed E-state index contributed by atoms with van der Waals surface area (Å²) in [6.07, 6.45) is 1.52. The van der Waals surface area contributed by atoms with Gasteiger partial charge in [0, 0.05) is 30.1 Å². The summed E-state index contributed by atoms with van der Waals surface area (Å²) in [5.41, 5.74) is 0.701. The third kappa shape index (κ3) is 4.34. The maximum absolute atomic E-state index is 12.5. The number of rotatable bonds is 5. The maximum Gasteiger partial charge on any atom is 0.260 e. The second-order valence-corrected chi connectivity index (χ2v) is 7.72. The van der Waals surface area contributed by atoms with Crippen LogP contribution in [-0.4, -0.2) is 42.5 Å². The first-order valence-electron chi connectivity index (χ1n) is 9.41. The normalized spacial score (nSPS) is 14.8. The van der Waals surface area contributed by atoms with Gasteiger partial charge >= 0.3 is 0 Å². The molecular formula is C22H22N2O3S. The first-order chi connectivity index (χ1) is 13.7. The van der Waals surface area contributed by atoms with E-state index in [4.69, 9.17) is 4.74 Å². The third-order valence-corrected chi connectivity index (χ3v) is 5.73. The number of nitrogens with zero attached hydrogens (tertiary/aromatic N) is 1. The molecule has 1 aliphatic heterocycles. The van der Waals surface area contributed by atoms with Crippen LogP contribution in [0.4, 0.5) is 0 Å². The lowest BCUT2D eigenvalue weighted by atomic mass is 10.0. The predicted molar refractivity (Wildman–Crippen MR) is 111 cm³/mol. The molecule has 1 saturated heterocycles. The van der Waals surface area contributed by atoms with E-state index >= 15 is 0 Å². The summed E-state index contributed by atoms with van der Waals surface area (Å²) in [5, 5.41) is 9.03. The van der Waals surface area contributed by atoms with E-state index in [0.29, 0.717) is 24.4 Å². The van der Waals surface area contributed by atoms with E-state index in [0.717, 1.165) is 23.6 Å². The summed E-state index contributed by atoms with van der Waals surface area (Å²) in [6.45, 7) is 1.30. The quantitative estimate of drug-likeness (QED) is 0.718. The van der Waals surface area contributed by atoms with Crippen LogP contribution in [0, 0.1) is 0 Å². The Morgan fingerprint density at radius 1 is 1.07 bits per heavy atom. The number of hydrogen-bond donors (Lipinski definition) is 1. The minimum Gasteiger partial charge on any atom is -0.484 e. The lowest BCUT2D eigenvalue weighted by Crippen LogP contribution is -2.47. The minimum absolute atomic E-state index is 0.0178. The van der Waals surface area contributed by atoms with E-state index in [2.05, 4.69) is 5.32 Å². The number of nitrogens with one attached hydrogen (secondary N) is 1. The van der Waals surface area contributed by atoms with Gasteiger partial charge in [-0.15, -0.1) is 0 Å². The second kappa shape index (κ2) is 8.44. The van der Waals surface area contributed by atoms with E-state index in [9.17, 15) is 9.59 Å². The van der Waals surface area contributed by atoms with Gasteiger partial charge in [0.25, 0.3) is 11.8 Å². The Hall–Kier alpha value is -2.86. The highest BCUT2D eigenvalue weighted by molar-refractivity contribution is 7.08. The van der Waals surface area contributed by atoms with Gasteiger partial charge in [-0.05, 0) is 47.2 Å². The largest absolute Gasteiger partial charge is 0.484 e. The zero-order valence-corrected chi connectivity index (χ0v) is 16.3. The first-order valence-corrected chi connectivity index (χ1v) is 10.4. The summed E-state index contributed by atoms with van der Waals surface area (Å²) < 4.78 is 5.71. The Morgan fingerprint density at radius 3 is 2.61 bits per heavy atom. The second-order valence-electron chi connectivity index (χ2n) is 6.94. The molecule has 1 fully saturated rings. The van der Waals surface area contributed by atoms with Crippen LogP contribution in [-0.2, 0) is 4.79 Å². The molecule has 0 spiro atoms. The molecule has 0 atom stereocenters. The molecule has 5 nitrogen and oxygen atoms in total. The SMILES string of the molecule is O=C(NC1CCN(C(=O)COc2ccc3ccccc3c2)CC1)c1ccsc1. The number of hydrogen-bond acceptors (Lipinski definition) is 4. The lowest BCUT2D eigenvalue weighted by molar-refractivity contribution is -0.134. The van der Waals surface area contributed by atoms with Crippen molar-refractivity contribution >= 4 is 33.9 Å². The molecule has 3 aromatic rings. The number of benzene rings is 2. The van der Waals surface area contributed by atoms with Crippen molar-refractivity contribution in [1.29, 1.82) is 0 Å². The average molecular weight is 394 g/mol. The molecule has 1 aliphatic rings. The highest BCUT2D eigenvalue weighted by Gasteiger charge is 2.24. The Balaban J connectivity index is 1.25. The topological polar surface area (TPSA) is 58.6 Å². The van der Waals surface area contributed by atoms with Gasteiger partial charge in [0.05, 0.1) is 0 Å². The smallest absolute Gasteiger partial charge is 0.260 e. The monoisotopic (exact) mass is 394 g/mol. The van der Waals surface area contributed by atoms with E-state index in [1.165, 1.54) is 11.3 Å². The molecule has 0 radical (unpaired) electrons. The molecule has 1 N–H and O–H groups in total. The van der Waals surface area contributed by atoms with Gasteiger partial charge in [-0.25, -0.2) is 0 Å². The van der Waals surface area contributed by atoms with Crippen LogP contribution in [0.2, 0.25) is 0 Å². The summed E-state index contributed by atoms with van der Waals surface area (Å²) in [7, 11) is 0. The van der Waals surface area contributed by atoms with Gasteiger partial charge in [-0.3, -0.25) is 9.59 Å². The van der Waals surface area contributed by atoms with Gasteiger partial charge in [-0.2, -0.15) is 11.3 Å². The van der Waals surface area contributed by atoms with E-state index in [1.54, 1.807) is 0 Å². The molecule has 2 aromatic carbocycles. The molecule has 0 saturated carbocycles. The molecule has 0 bridgehead atoms. The Kier molecular flexibility index (Phi) is 5.58. The van der Waals surface area contributed by atoms with Crippen LogP contribution in [0.5, 0.6) is 5.75 Å². The highest BCUT2D eigenvalue weighted by Crippen LogP contribution is 2.21. The number of thiophene rings is 1. The number of amides is 2. The summed E-state index contributed by atoms with van der Waals surface area (Å²) in [5.74, 6) is 0.645. The van der Waals surface area contributed by atoms with Crippen molar-refractivity contribution in [3.8, 4) is 5.75 Å². The van der Waals surface area contributed by atoms with Crippen LogP contribution in [0.15, 0.2) is 59.3 Å². The zero-order valence-electron chi connectivity index (χ0n) is 15.5. The van der Waals surface area contributed by atoms with Crippen molar-refractivity contribution in [3.63, 3.8) is 0 Å². The summed E-state index contributed by atoms with van der Waals surface area (Å²) in [6, 6.07) is 15.8. The van der Waals surface area contributed by atoms with E-state index in [1.807, 2.05) is 64.2 Å². The van der Waals surface area contributed by atoms with Crippen LogP contribution < -0.4 is 10.1 Å².